The van der Waals surface area contributed by atoms with Gasteiger partial charge in [-0.05, 0) is 49.3 Å². The van der Waals surface area contributed by atoms with E-state index in [0.717, 1.165) is 63.4 Å². The summed E-state index contributed by atoms with van der Waals surface area (Å²) in [6.45, 7) is 4.84. The highest BCUT2D eigenvalue weighted by Gasteiger charge is 2.21. The number of nitrogens with zero attached hydrogens (tertiary/aromatic N) is 3. The maximum Gasteiger partial charge on any atom is 0.271 e. The number of aromatic nitrogens is 2. The summed E-state index contributed by atoms with van der Waals surface area (Å²) in [4.78, 5) is 14.4. The minimum Gasteiger partial charge on any atom is -0.355 e. The molecule has 1 fully saturated rings. The lowest BCUT2D eigenvalue weighted by molar-refractivity contribution is 0.0947. The molecule has 0 saturated carbocycles. The van der Waals surface area contributed by atoms with Gasteiger partial charge < -0.3 is 10.2 Å². The third kappa shape index (κ3) is 5.78. The van der Waals surface area contributed by atoms with Gasteiger partial charge in [-0.1, -0.05) is 50.1 Å². The van der Waals surface area contributed by atoms with Gasteiger partial charge in [0.15, 0.2) is 11.5 Å². The Bertz CT molecular complexity index is 694. The first kappa shape index (κ1) is 19.3. The molecular formula is C22H30N4O. The largest absolute Gasteiger partial charge is 0.355 e. The Morgan fingerprint density at radius 1 is 1.07 bits per heavy atom. The van der Waals surface area contributed by atoms with Gasteiger partial charge in [0.2, 0.25) is 0 Å². The number of hydrogen-bond donors (Lipinski definition) is 1. The molecular weight excluding hydrogens is 336 g/mol. The van der Waals surface area contributed by atoms with Crippen LogP contribution in [0.3, 0.4) is 0 Å². The number of carbonyl (C=O) groups excluding carboxylic acids is 1. The van der Waals surface area contributed by atoms with Gasteiger partial charge in [-0.2, -0.15) is 0 Å². The van der Waals surface area contributed by atoms with E-state index in [0.29, 0.717) is 12.2 Å². The van der Waals surface area contributed by atoms with Crippen molar-refractivity contribution in [2.45, 2.75) is 45.4 Å². The van der Waals surface area contributed by atoms with Crippen LogP contribution in [0.4, 0.5) is 5.82 Å². The van der Waals surface area contributed by atoms with E-state index in [-0.39, 0.29) is 5.91 Å². The topological polar surface area (TPSA) is 58.1 Å². The number of hydrogen-bond acceptors (Lipinski definition) is 4. The number of benzene rings is 1. The molecule has 0 spiro atoms. The van der Waals surface area contributed by atoms with Crippen molar-refractivity contribution in [1.29, 1.82) is 0 Å². The Kier molecular flexibility index (Phi) is 7.19. The van der Waals surface area contributed by atoms with E-state index in [1.807, 2.05) is 6.07 Å². The summed E-state index contributed by atoms with van der Waals surface area (Å²) in [7, 11) is 0. The molecule has 0 atom stereocenters. The highest BCUT2D eigenvalue weighted by Crippen LogP contribution is 2.24. The van der Waals surface area contributed by atoms with Crippen LogP contribution >= 0.6 is 0 Å². The van der Waals surface area contributed by atoms with E-state index in [1.165, 1.54) is 5.56 Å². The second-order valence-electron chi connectivity index (χ2n) is 7.36. The fourth-order valence-electron chi connectivity index (χ4n) is 3.60. The van der Waals surface area contributed by atoms with E-state index in [4.69, 9.17) is 0 Å². The molecule has 1 amide bonds. The molecule has 1 aliphatic rings. The normalized spacial score (nSPS) is 14.9. The third-order valence-electron chi connectivity index (χ3n) is 5.25. The first-order chi connectivity index (χ1) is 13.3. The number of piperidine rings is 1. The first-order valence-electron chi connectivity index (χ1n) is 10.2. The Morgan fingerprint density at radius 2 is 1.85 bits per heavy atom. The van der Waals surface area contributed by atoms with E-state index < -0.39 is 0 Å². The Morgan fingerprint density at radius 3 is 2.52 bits per heavy atom. The molecule has 2 aromatic rings. The molecule has 5 heteroatoms. The van der Waals surface area contributed by atoms with Crippen molar-refractivity contribution in [2.24, 2.45) is 5.92 Å². The summed E-state index contributed by atoms with van der Waals surface area (Å²) in [6.07, 6.45) is 6.76. The van der Waals surface area contributed by atoms with Crippen LogP contribution in [-0.4, -0.2) is 35.7 Å². The monoisotopic (exact) mass is 366 g/mol. The van der Waals surface area contributed by atoms with Gasteiger partial charge in [0.1, 0.15) is 0 Å². The molecule has 5 nitrogen and oxygen atoms in total. The van der Waals surface area contributed by atoms with Crippen molar-refractivity contribution in [3.8, 4) is 0 Å². The number of unbranched alkanes of at least 4 members (excludes halogenated alkanes) is 2. The zero-order valence-electron chi connectivity index (χ0n) is 16.2. The molecule has 1 aromatic carbocycles. The van der Waals surface area contributed by atoms with Gasteiger partial charge >= 0.3 is 0 Å². The fourth-order valence-corrected chi connectivity index (χ4v) is 3.60. The molecule has 1 saturated heterocycles. The van der Waals surface area contributed by atoms with Crippen molar-refractivity contribution >= 4 is 11.7 Å². The van der Waals surface area contributed by atoms with Crippen LogP contribution in [0.15, 0.2) is 42.5 Å². The predicted octanol–water partition coefficient (Wildman–Crippen LogP) is 3.86. The van der Waals surface area contributed by atoms with Crippen molar-refractivity contribution in [2.75, 3.05) is 24.5 Å². The van der Waals surface area contributed by atoms with Crippen LogP contribution in [0.2, 0.25) is 0 Å². The average molecular weight is 367 g/mol. The Hall–Kier alpha value is -2.43. The molecule has 0 radical (unpaired) electrons. The van der Waals surface area contributed by atoms with Crippen LogP contribution in [-0.2, 0) is 6.42 Å². The SMILES string of the molecule is CCCCCNC(=O)c1ccc(N2CCC(Cc3ccccc3)CC2)nn1. The number of anilines is 1. The van der Waals surface area contributed by atoms with Gasteiger partial charge in [-0.25, -0.2) is 0 Å². The number of rotatable bonds is 8. The molecule has 3 rings (SSSR count). The highest BCUT2D eigenvalue weighted by atomic mass is 16.1. The van der Waals surface area contributed by atoms with E-state index in [1.54, 1.807) is 6.07 Å². The van der Waals surface area contributed by atoms with Crippen molar-refractivity contribution in [3.05, 3.63) is 53.7 Å². The van der Waals surface area contributed by atoms with Crippen LogP contribution < -0.4 is 10.2 Å². The average Bonchev–Trinajstić information content (AvgIpc) is 2.72. The minimum atomic E-state index is -0.133. The minimum absolute atomic E-state index is 0.133. The standard InChI is InChI=1S/C22H30N4O/c1-2-3-7-14-23-22(27)20-10-11-21(25-24-20)26-15-12-19(13-16-26)17-18-8-5-4-6-9-18/h4-6,8-11,19H,2-3,7,12-17H2,1H3,(H,23,27). The zero-order valence-corrected chi connectivity index (χ0v) is 16.2. The summed E-state index contributed by atoms with van der Waals surface area (Å²) >= 11 is 0. The van der Waals surface area contributed by atoms with E-state index >= 15 is 0 Å². The van der Waals surface area contributed by atoms with E-state index in [9.17, 15) is 4.79 Å². The molecule has 0 bridgehead atoms. The summed E-state index contributed by atoms with van der Waals surface area (Å²) in [5.74, 6) is 1.46. The molecule has 1 aromatic heterocycles. The number of carbonyl (C=O) groups is 1. The van der Waals surface area contributed by atoms with Crippen LogP contribution in [0.5, 0.6) is 0 Å². The summed E-state index contributed by atoms with van der Waals surface area (Å²) in [5.41, 5.74) is 1.82. The molecule has 2 heterocycles. The maximum absolute atomic E-state index is 12.1. The van der Waals surface area contributed by atoms with Gasteiger partial charge in [0.25, 0.3) is 5.91 Å². The zero-order chi connectivity index (χ0) is 18.9. The van der Waals surface area contributed by atoms with Gasteiger partial charge in [-0.15, -0.1) is 10.2 Å². The van der Waals surface area contributed by atoms with Crippen LogP contribution in [0.1, 0.15) is 55.1 Å². The van der Waals surface area contributed by atoms with Crippen molar-refractivity contribution in [3.63, 3.8) is 0 Å². The molecule has 27 heavy (non-hydrogen) atoms. The molecule has 1 N–H and O–H groups in total. The first-order valence-corrected chi connectivity index (χ1v) is 10.2. The van der Waals surface area contributed by atoms with Crippen LogP contribution in [0.25, 0.3) is 0 Å². The van der Waals surface area contributed by atoms with E-state index in [2.05, 4.69) is 57.7 Å². The Balaban J connectivity index is 1.46. The highest BCUT2D eigenvalue weighted by molar-refractivity contribution is 5.92. The smallest absolute Gasteiger partial charge is 0.271 e. The number of nitrogens with one attached hydrogen (secondary N) is 1. The number of amides is 1. The van der Waals surface area contributed by atoms with Gasteiger partial charge in [0.05, 0.1) is 0 Å². The molecule has 144 valence electrons. The van der Waals surface area contributed by atoms with Crippen molar-refractivity contribution in [1.82, 2.24) is 15.5 Å². The quantitative estimate of drug-likeness (QED) is 0.721. The molecule has 0 aliphatic carbocycles. The maximum atomic E-state index is 12.1. The lowest BCUT2D eigenvalue weighted by Gasteiger charge is -2.32. The lowest BCUT2D eigenvalue weighted by atomic mass is 9.90. The van der Waals surface area contributed by atoms with Gasteiger partial charge in [-0.3, -0.25) is 4.79 Å². The summed E-state index contributed by atoms with van der Waals surface area (Å²) < 4.78 is 0. The molecule has 0 unspecified atom stereocenters. The van der Waals surface area contributed by atoms with Crippen LogP contribution in [0, 0.1) is 5.92 Å². The summed E-state index contributed by atoms with van der Waals surface area (Å²) in [6, 6.07) is 14.4. The lowest BCUT2D eigenvalue weighted by Crippen LogP contribution is -2.35. The second kappa shape index (κ2) is 10.0. The van der Waals surface area contributed by atoms with Crippen molar-refractivity contribution < 1.29 is 4.79 Å². The Labute approximate surface area is 162 Å². The van der Waals surface area contributed by atoms with Gasteiger partial charge in [0, 0.05) is 19.6 Å². The second-order valence-corrected chi connectivity index (χ2v) is 7.36. The predicted molar refractivity (Wildman–Crippen MR) is 109 cm³/mol. The third-order valence-corrected chi connectivity index (χ3v) is 5.25. The summed E-state index contributed by atoms with van der Waals surface area (Å²) in [5, 5.41) is 11.3. The fraction of sp³-hybridized carbons (Fsp3) is 0.500. The molecule has 1 aliphatic heterocycles.